The predicted octanol–water partition coefficient (Wildman–Crippen LogP) is 2.59. The van der Waals surface area contributed by atoms with Crippen LogP contribution in [-0.2, 0) is 32.6 Å². The van der Waals surface area contributed by atoms with E-state index in [0.29, 0.717) is 24.3 Å². The molecule has 2 aliphatic heterocycles. The highest BCUT2D eigenvalue weighted by Crippen LogP contribution is 2.35. The number of hydrogen-bond donors (Lipinski definition) is 1. The van der Waals surface area contributed by atoms with Gasteiger partial charge in [0.05, 0.1) is 4.90 Å². The number of fused-ring (bicyclic) bond motifs is 1. The molecule has 0 spiro atoms. The average molecular weight is 460 g/mol. The third-order valence-corrected chi connectivity index (χ3v) is 7.90. The quantitative estimate of drug-likeness (QED) is 0.745. The molecule has 2 aromatic carbocycles. The molecule has 1 fully saturated rings. The lowest BCUT2D eigenvalue weighted by molar-refractivity contribution is -0.125. The lowest BCUT2D eigenvalue weighted by Gasteiger charge is -2.26. The summed E-state index contributed by atoms with van der Waals surface area (Å²) in [5, 5.41) is 2.79. The minimum absolute atomic E-state index is 0.189. The number of piperidine rings is 1. The van der Waals surface area contributed by atoms with Crippen LogP contribution in [0.5, 0.6) is 0 Å². The molecule has 0 aromatic heterocycles. The number of amides is 2. The normalized spacial score (nSPS) is 18.9. The summed E-state index contributed by atoms with van der Waals surface area (Å²) in [6.07, 6.45) is 2.95. The molecule has 2 aromatic rings. The molecule has 0 aliphatic carbocycles. The Hall–Kier alpha value is -2.78. The number of rotatable bonds is 5. The van der Waals surface area contributed by atoms with Crippen LogP contribution in [0.4, 0.5) is 10.1 Å². The van der Waals surface area contributed by atoms with Gasteiger partial charge in [-0.1, -0.05) is 18.6 Å². The monoisotopic (exact) mass is 459 g/mol. The van der Waals surface area contributed by atoms with Crippen LogP contribution in [0, 0.1) is 5.82 Å². The number of carbonyl (C=O) groups excluding carboxylic acids is 2. The van der Waals surface area contributed by atoms with Crippen molar-refractivity contribution >= 4 is 27.5 Å². The second-order valence-electron chi connectivity index (χ2n) is 8.21. The van der Waals surface area contributed by atoms with Gasteiger partial charge in [-0.15, -0.1) is 0 Å². The molecule has 32 heavy (non-hydrogen) atoms. The third-order valence-electron chi connectivity index (χ3n) is 6.01. The van der Waals surface area contributed by atoms with Gasteiger partial charge in [0, 0.05) is 38.7 Å². The zero-order valence-corrected chi connectivity index (χ0v) is 18.7. The van der Waals surface area contributed by atoms with Crippen LogP contribution in [-0.4, -0.2) is 43.7 Å². The maximum Gasteiger partial charge on any atom is 0.243 e. The Morgan fingerprint density at radius 3 is 2.41 bits per heavy atom. The van der Waals surface area contributed by atoms with E-state index in [1.54, 1.807) is 24.3 Å². The van der Waals surface area contributed by atoms with Gasteiger partial charge in [0.25, 0.3) is 0 Å². The molecule has 0 bridgehead atoms. The fourth-order valence-electron chi connectivity index (χ4n) is 4.35. The van der Waals surface area contributed by atoms with E-state index >= 15 is 0 Å². The van der Waals surface area contributed by atoms with Crippen molar-refractivity contribution in [3.63, 3.8) is 0 Å². The van der Waals surface area contributed by atoms with Crippen LogP contribution < -0.4 is 10.2 Å². The summed E-state index contributed by atoms with van der Waals surface area (Å²) >= 11 is 0. The number of anilines is 1. The van der Waals surface area contributed by atoms with Gasteiger partial charge in [0.2, 0.25) is 21.8 Å². The molecular weight excluding hydrogens is 433 g/mol. The van der Waals surface area contributed by atoms with Gasteiger partial charge in [0.15, 0.2) is 0 Å². The predicted molar refractivity (Wildman–Crippen MR) is 118 cm³/mol. The van der Waals surface area contributed by atoms with Crippen molar-refractivity contribution in [3.05, 3.63) is 59.4 Å². The first-order chi connectivity index (χ1) is 15.3. The van der Waals surface area contributed by atoms with Gasteiger partial charge in [-0.05, 0) is 54.3 Å². The Bertz CT molecular complexity index is 1130. The van der Waals surface area contributed by atoms with Gasteiger partial charge in [-0.2, -0.15) is 4.31 Å². The molecule has 7 nitrogen and oxygen atoms in total. The van der Waals surface area contributed by atoms with Gasteiger partial charge >= 0.3 is 0 Å². The molecule has 0 saturated carbocycles. The zero-order chi connectivity index (χ0) is 22.9. The second-order valence-corrected chi connectivity index (χ2v) is 10.1. The minimum Gasteiger partial charge on any atom is -0.350 e. The van der Waals surface area contributed by atoms with Gasteiger partial charge in [-0.3, -0.25) is 14.5 Å². The highest BCUT2D eigenvalue weighted by atomic mass is 32.2. The van der Waals surface area contributed by atoms with E-state index in [4.69, 9.17) is 0 Å². The van der Waals surface area contributed by atoms with Gasteiger partial charge in [-0.25, -0.2) is 12.8 Å². The van der Waals surface area contributed by atoms with Crippen LogP contribution in [0.2, 0.25) is 0 Å². The SMILES string of the molecule is CC(=O)N1c2ccc(S(=O)(=O)N3CCCCC3)cc2C[C@H]1C(=O)NCc1ccc(F)cc1. The van der Waals surface area contributed by atoms with Crippen LogP contribution in [0.3, 0.4) is 0 Å². The summed E-state index contributed by atoms with van der Waals surface area (Å²) in [6, 6.07) is 9.74. The minimum atomic E-state index is -3.61. The van der Waals surface area contributed by atoms with Crippen LogP contribution in [0.15, 0.2) is 47.4 Å². The van der Waals surface area contributed by atoms with Crippen molar-refractivity contribution in [3.8, 4) is 0 Å². The molecule has 0 radical (unpaired) electrons. The van der Waals surface area contributed by atoms with Gasteiger partial charge < -0.3 is 5.32 Å². The van der Waals surface area contributed by atoms with Crippen molar-refractivity contribution in [2.75, 3.05) is 18.0 Å². The fraction of sp³-hybridized carbons (Fsp3) is 0.391. The first-order valence-corrected chi connectivity index (χ1v) is 12.2. The molecule has 2 amide bonds. The van der Waals surface area contributed by atoms with E-state index in [-0.39, 0.29) is 35.5 Å². The Kier molecular flexibility index (Phi) is 6.30. The number of carbonyl (C=O) groups is 2. The summed E-state index contributed by atoms with van der Waals surface area (Å²) in [5.41, 5.74) is 1.94. The van der Waals surface area contributed by atoms with Crippen LogP contribution in [0.1, 0.15) is 37.3 Å². The number of nitrogens with zero attached hydrogens (tertiary/aromatic N) is 2. The number of hydrogen-bond acceptors (Lipinski definition) is 4. The summed E-state index contributed by atoms with van der Waals surface area (Å²) in [6.45, 7) is 2.60. The fourth-order valence-corrected chi connectivity index (χ4v) is 5.92. The maximum atomic E-state index is 13.1. The van der Waals surface area contributed by atoms with E-state index in [2.05, 4.69) is 5.32 Å². The van der Waals surface area contributed by atoms with Crippen molar-refractivity contribution in [1.29, 1.82) is 0 Å². The summed E-state index contributed by atoms with van der Waals surface area (Å²) < 4.78 is 40.7. The standard InChI is InChI=1S/C23H26FN3O4S/c1-16(28)27-21-10-9-20(32(30,31)26-11-3-2-4-12-26)13-18(21)14-22(27)23(29)25-15-17-5-7-19(24)8-6-17/h5-10,13,22H,2-4,11-12,14-15H2,1H3,(H,25,29)/t22-/m0/s1. The Balaban J connectivity index is 1.54. The number of halogens is 1. The summed E-state index contributed by atoms with van der Waals surface area (Å²) in [4.78, 5) is 26.8. The second kappa shape index (κ2) is 8.99. The number of benzene rings is 2. The van der Waals surface area contributed by atoms with E-state index in [0.717, 1.165) is 24.8 Å². The molecule has 2 aliphatic rings. The van der Waals surface area contributed by atoms with Crippen molar-refractivity contribution in [2.45, 2.75) is 50.1 Å². The van der Waals surface area contributed by atoms with Crippen molar-refractivity contribution in [1.82, 2.24) is 9.62 Å². The molecule has 1 N–H and O–H groups in total. The van der Waals surface area contributed by atoms with Crippen molar-refractivity contribution < 1.29 is 22.4 Å². The maximum absolute atomic E-state index is 13.1. The molecule has 9 heteroatoms. The molecule has 4 rings (SSSR count). The highest BCUT2D eigenvalue weighted by molar-refractivity contribution is 7.89. The van der Waals surface area contributed by atoms with E-state index < -0.39 is 16.1 Å². The average Bonchev–Trinajstić information content (AvgIpc) is 3.18. The molecule has 1 atom stereocenters. The number of sulfonamides is 1. The molecule has 2 heterocycles. The van der Waals surface area contributed by atoms with E-state index in [1.807, 2.05) is 0 Å². The van der Waals surface area contributed by atoms with Crippen LogP contribution in [0.25, 0.3) is 0 Å². The Labute approximate surface area is 187 Å². The highest BCUT2D eigenvalue weighted by Gasteiger charge is 2.38. The summed E-state index contributed by atoms with van der Waals surface area (Å²) in [7, 11) is -3.61. The molecular formula is C23H26FN3O4S. The number of nitrogens with one attached hydrogen (secondary N) is 1. The summed E-state index contributed by atoms with van der Waals surface area (Å²) in [5.74, 6) is -0.997. The zero-order valence-electron chi connectivity index (χ0n) is 17.9. The Morgan fingerprint density at radius 1 is 1.06 bits per heavy atom. The topological polar surface area (TPSA) is 86.8 Å². The smallest absolute Gasteiger partial charge is 0.243 e. The largest absolute Gasteiger partial charge is 0.350 e. The molecule has 170 valence electrons. The lowest BCUT2D eigenvalue weighted by Crippen LogP contribution is -2.47. The first-order valence-electron chi connectivity index (χ1n) is 10.7. The third kappa shape index (κ3) is 4.40. The Morgan fingerprint density at radius 2 is 1.75 bits per heavy atom. The van der Waals surface area contributed by atoms with Crippen molar-refractivity contribution in [2.24, 2.45) is 0 Å². The lowest BCUT2D eigenvalue weighted by atomic mass is 10.1. The van der Waals surface area contributed by atoms with E-state index in [9.17, 15) is 22.4 Å². The van der Waals surface area contributed by atoms with Crippen LogP contribution >= 0.6 is 0 Å². The molecule has 1 saturated heterocycles. The van der Waals surface area contributed by atoms with E-state index in [1.165, 1.54) is 34.3 Å². The first kappa shape index (κ1) is 22.4. The molecule has 0 unspecified atom stereocenters. The van der Waals surface area contributed by atoms with Gasteiger partial charge in [0.1, 0.15) is 11.9 Å².